The number of ether oxygens (including phenoxy) is 1. The quantitative estimate of drug-likeness (QED) is 0.713. The van der Waals surface area contributed by atoms with Gasteiger partial charge < -0.3 is 16.2 Å². The van der Waals surface area contributed by atoms with Gasteiger partial charge in [0.2, 0.25) is 0 Å². The number of nitrogens with zero attached hydrogens (tertiary/aromatic N) is 2. The zero-order valence-corrected chi connectivity index (χ0v) is 7.67. The minimum Gasteiger partial charge on any atom is -0.394 e. The first-order chi connectivity index (χ1) is 5.25. The van der Waals surface area contributed by atoms with Crippen molar-refractivity contribution in [1.29, 1.82) is 0 Å². The number of nitrogen functional groups attached to an aromatic ring is 2. The second-order valence-electron chi connectivity index (χ2n) is 2.20. The fourth-order valence-electron chi connectivity index (χ4n) is 0.765. The molecule has 1 heterocycles. The van der Waals surface area contributed by atoms with E-state index < -0.39 is 0 Å². The molecule has 0 amide bonds. The molecule has 0 unspecified atom stereocenters. The molecule has 0 aromatic carbocycles. The highest BCUT2D eigenvalue weighted by molar-refractivity contribution is 5.85. The van der Waals surface area contributed by atoms with Gasteiger partial charge in [-0.15, -0.1) is 12.4 Å². The molecule has 6 heteroatoms. The first kappa shape index (κ1) is 11.1. The lowest BCUT2D eigenvalue weighted by Gasteiger charge is -2.01. The molecule has 0 aliphatic rings. The molecule has 1 rings (SSSR count). The van der Waals surface area contributed by atoms with Crippen LogP contribution in [0.5, 0.6) is 0 Å². The van der Waals surface area contributed by atoms with Crippen molar-refractivity contribution in [2.75, 3.05) is 25.2 Å². The molecule has 70 valence electrons. The zero-order chi connectivity index (χ0) is 8.27. The lowest BCUT2D eigenvalue weighted by atomic mass is 10.5. The molecule has 0 radical (unpaired) electrons. The first-order valence-electron chi connectivity index (χ1n) is 3.31. The van der Waals surface area contributed by atoms with E-state index in [1.807, 2.05) is 0 Å². The lowest BCUT2D eigenvalue weighted by Crippen LogP contribution is -2.09. The standard InChI is InChI=1S/C6H12N4O.ClH/c1-11-3-2-10-6(8)5(7)4-9-10;/h4H,2-3,7-8H2,1H3;1H. The molecule has 0 bridgehead atoms. The van der Waals surface area contributed by atoms with Crippen LogP contribution in [-0.4, -0.2) is 23.5 Å². The van der Waals surface area contributed by atoms with Gasteiger partial charge in [0.1, 0.15) is 5.82 Å². The Morgan fingerprint density at radius 2 is 2.25 bits per heavy atom. The highest BCUT2D eigenvalue weighted by Crippen LogP contribution is 2.11. The Kier molecular flexibility index (Phi) is 4.46. The summed E-state index contributed by atoms with van der Waals surface area (Å²) < 4.78 is 6.46. The summed E-state index contributed by atoms with van der Waals surface area (Å²) >= 11 is 0. The van der Waals surface area contributed by atoms with E-state index >= 15 is 0 Å². The second kappa shape index (κ2) is 4.84. The third-order valence-corrected chi connectivity index (χ3v) is 1.42. The van der Waals surface area contributed by atoms with Crippen LogP contribution in [0, 0.1) is 0 Å². The van der Waals surface area contributed by atoms with Crippen LogP contribution in [0.4, 0.5) is 11.5 Å². The van der Waals surface area contributed by atoms with Gasteiger partial charge >= 0.3 is 0 Å². The van der Waals surface area contributed by atoms with Crippen molar-refractivity contribution in [3.63, 3.8) is 0 Å². The summed E-state index contributed by atoms with van der Waals surface area (Å²) in [4.78, 5) is 0. The second-order valence-corrected chi connectivity index (χ2v) is 2.20. The molecule has 1 aromatic heterocycles. The van der Waals surface area contributed by atoms with Gasteiger partial charge in [-0.25, -0.2) is 4.68 Å². The number of aromatic nitrogens is 2. The molecule has 1 aromatic rings. The number of halogens is 1. The van der Waals surface area contributed by atoms with Gasteiger partial charge in [-0.05, 0) is 0 Å². The van der Waals surface area contributed by atoms with Crippen LogP contribution < -0.4 is 11.5 Å². The minimum absolute atomic E-state index is 0. The molecule has 0 fully saturated rings. The molecule has 0 aliphatic heterocycles. The van der Waals surface area contributed by atoms with Gasteiger partial charge in [0.05, 0.1) is 25.0 Å². The third-order valence-electron chi connectivity index (χ3n) is 1.42. The molecule has 0 atom stereocenters. The van der Waals surface area contributed by atoms with E-state index in [2.05, 4.69) is 5.10 Å². The topological polar surface area (TPSA) is 79.1 Å². The summed E-state index contributed by atoms with van der Waals surface area (Å²) in [6.45, 7) is 1.23. The van der Waals surface area contributed by atoms with Gasteiger partial charge in [-0.2, -0.15) is 5.10 Å². The van der Waals surface area contributed by atoms with E-state index in [4.69, 9.17) is 16.2 Å². The Balaban J connectivity index is 0.00000121. The molecule has 0 spiro atoms. The normalized spacial score (nSPS) is 9.42. The number of rotatable bonds is 3. The van der Waals surface area contributed by atoms with E-state index in [9.17, 15) is 0 Å². The van der Waals surface area contributed by atoms with E-state index in [1.54, 1.807) is 11.8 Å². The van der Waals surface area contributed by atoms with E-state index in [0.717, 1.165) is 0 Å². The number of hydrogen-bond donors (Lipinski definition) is 2. The Morgan fingerprint density at radius 3 is 2.67 bits per heavy atom. The molecule has 4 N–H and O–H groups in total. The van der Waals surface area contributed by atoms with Crippen LogP contribution in [-0.2, 0) is 11.3 Å². The summed E-state index contributed by atoms with van der Waals surface area (Å²) in [5.74, 6) is 0.502. The van der Waals surface area contributed by atoms with Crippen LogP contribution in [0.15, 0.2) is 6.20 Å². The summed E-state index contributed by atoms with van der Waals surface area (Å²) in [7, 11) is 1.63. The SMILES string of the molecule is COCCn1ncc(N)c1N.Cl. The molecular weight excluding hydrogens is 180 g/mol. The third kappa shape index (κ3) is 2.28. The summed E-state index contributed by atoms with van der Waals surface area (Å²) in [5, 5.41) is 3.94. The van der Waals surface area contributed by atoms with Crippen LogP contribution in [0.1, 0.15) is 0 Å². The maximum absolute atomic E-state index is 5.56. The van der Waals surface area contributed by atoms with Crippen molar-refractivity contribution in [3.8, 4) is 0 Å². The minimum atomic E-state index is 0. The lowest BCUT2D eigenvalue weighted by molar-refractivity contribution is 0.184. The van der Waals surface area contributed by atoms with E-state index in [-0.39, 0.29) is 12.4 Å². The summed E-state index contributed by atoms with van der Waals surface area (Å²) in [6, 6.07) is 0. The van der Waals surface area contributed by atoms with Crippen molar-refractivity contribution in [2.45, 2.75) is 6.54 Å². The fourth-order valence-corrected chi connectivity index (χ4v) is 0.765. The van der Waals surface area contributed by atoms with Crippen LogP contribution >= 0.6 is 12.4 Å². The van der Waals surface area contributed by atoms with Crippen molar-refractivity contribution >= 4 is 23.9 Å². The average molecular weight is 193 g/mol. The van der Waals surface area contributed by atoms with Crippen molar-refractivity contribution in [2.24, 2.45) is 0 Å². The predicted octanol–water partition coefficient (Wildman–Crippen LogP) is 0.116. The number of nitrogens with two attached hydrogens (primary N) is 2. The Hall–Kier alpha value is -0.940. The fraction of sp³-hybridized carbons (Fsp3) is 0.500. The monoisotopic (exact) mass is 192 g/mol. The van der Waals surface area contributed by atoms with Crippen LogP contribution in [0.25, 0.3) is 0 Å². The average Bonchev–Trinajstić information content (AvgIpc) is 2.31. The summed E-state index contributed by atoms with van der Waals surface area (Å²) in [6.07, 6.45) is 1.53. The molecule has 12 heavy (non-hydrogen) atoms. The van der Waals surface area contributed by atoms with E-state index in [1.165, 1.54) is 6.20 Å². The number of methoxy groups -OCH3 is 1. The first-order valence-corrected chi connectivity index (χ1v) is 3.31. The number of hydrogen-bond acceptors (Lipinski definition) is 4. The Bertz CT molecular complexity index is 237. The predicted molar refractivity (Wildman–Crippen MR) is 50.2 cm³/mol. The maximum atomic E-state index is 5.56. The van der Waals surface area contributed by atoms with E-state index in [0.29, 0.717) is 24.7 Å². The van der Waals surface area contributed by atoms with Crippen molar-refractivity contribution < 1.29 is 4.74 Å². The zero-order valence-electron chi connectivity index (χ0n) is 6.86. The van der Waals surface area contributed by atoms with Crippen LogP contribution in [0.2, 0.25) is 0 Å². The van der Waals surface area contributed by atoms with Crippen molar-refractivity contribution in [1.82, 2.24) is 9.78 Å². The summed E-state index contributed by atoms with van der Waals surface area (Å²) in [5.41, 5.74) is 11.5. The van der Waals surface area contributed by atoms with Gasteiger partial charge in [-0.1, -0.05) is 0 Å². The smallest absolute Gasteiger partial charge is 0.145 e. The van der Waals surface area contributed by atoms with Crippen molar-refractivity contribution in [3.05, 3.63) is 6.20 Å². The maximum Gasteiger partial charge on any atom is 0.145 e. The molecular formula is C6H13ClN4O. The molecule has 0 saturated carbocycles. The Morgan fingerprint density at radius 1 is 1.58 bits per heavy atom. The van der Waals surface area contributed by atoms with Gasteiger partial charge in [0.15, 0.2) is 0 Å². The highest BCUT2D eigenvalue weighted by atomic mass is 35.5. The molecule has 0 saturated heterocycles. The number of anilines is 2. The van der Waals surface area contributed by atoms with Gasteiger partial charge in [0, 0.05) is 7.11 Å². The molecule has 0 aliphatic carbocycles. The largest absolute Gasteiger partial charge is 0.394 e. The molecule has 5 nitrogen and oxygen atoms in total. The van der Waals surface area contributed by atoms with Gasteiger partial charge in [0.25, 0.3) is 0 Å². The Labute approximate surface area is 77.1 Å². The van der Waals surface area contributed by atoms with Gasteiger partial charge in [-0.3, -0.25) is 0 Å². The highest BCUT2D eigenvalue weighted by Gasteiger charge is 2.01. The van der Waals surface area contributed by atoms with Crippen LogP contribution in [0.3, 0.4) is 0 Å².